The lowest BCUT2D eigenvalue weighted by Crippen LogP contribution is -2.24. The van der Waals surface area contributed by atoms with Gasteiger partial charge in [0.25, 0.3) is 0 Å². The Morgan fingerprint density at radius 3 is 2.72 bits per heavy atom. The van der Waals surface area contributed by atoms with Crippen molar-refractivity contribution in [1.82, 2.24) is 5.32 Å². The maximum absolute atomic E-state index is 13.7. The first kappa shape index (κ1) is 13.3. The highest BCUT2D eigenvalue weighted by molar-refractivity contribution is 5.28. The summed E-state index contributed by atoms with van der Waals surface area (Å²) in [5.41, 5.74) is 1.22. The van der Waals surface area contributed by atoms with E-state index in [2.05, 4.69) is 12.2 Å². The van der Waals surface area contributed by atoms with Crippen molar-refractivity contribution in [2.75, 3.05) is 13.7 Å². The van der Waals surface area contributed by atoms with Crippen LogP contribution in [0.2, 0.25) is 0 Å². The van der Waals surface area contributed by atoms with Crippen LogP contribution in [0.5, 0.6) is 5.75 Å². The normalized spacial score (nSPS) is 16.6. The predicted octanol–water partition coefficient (Wildman–Crippen LogP) is 3.50. The van der Waals surface area contributed by atoms with Crippen molar-refractivity contribution in [3.63, 3.8) is 0 Å². The van der Waals surface area contributed by atoms with Crippen molar-refractivity contribution < 1.29 is 9.13 Å². The van der Waals surface area contributed by atoms with E-state index in [1.54, 1.807) is 19.2 Å². The quantitative estimate of drug-likeness (QED) is 0.800. The lowest BCUT2D eigenvalue weighted by molar-refractivity contribution is 0.407. The van der Waals surface area contributed by atoms with Crippen LogP contribution in [0, 0.1) is 11.2 Å². The molecule has 0 atom stereocenters. The molecule has 18 heavy (non-hydrogen) atoms. The first-order valence-electron chi connectivity index (χ1n) is 6.72. The lowest BCUT2D eigenvalue weighted by Gasteiger charge is -2.15. The van der Waals surface area contributed by atoms with Gasteiger partial charge in [0, 0.05) is 24.7 Å². The maximum atomic E-state index is 13.7. The largest absolute Gasteiger partial charge is 0.497 e. The molecule has 1 aliphatic carbocycles. The zero-order chi connectivity index (χ0) is 13.0. The first-order valence-corrected chi connectivity index (χ1v) is 6.72. The molecule has 0 radical (unpaired) electrons. The van der Waals surface area contributed by atoms with Gasteiger partial charge in [0.15, 0.2) is 0 Å². The monoisotopic (exact) mass is 251 g/mol. The highest BCUT2D eigenvalue weighted by atomic mass is 19.1. The summed E-state index contributed by atoms with van der Waals surface area (Å²) in [5.74, 6) is 0.378. The molecule has 2 rings (SSSR count). The van der Waals surface area contributed by atoms with Crippen molar-refractivity contribution in [2.45, 2.75) is 39.2 Å². The summed E-state index contributed by atoms with van der Waals surface area (Å²) in [7, 11) is 1.55. The third kappa shape index (κ3) is 3.22. The molecular weight excluding hydrogens is 229 g/mol. The molecule has 0 aliphatic heterocycles. The number of halogens is 1. The summed E-state index contributed by atoms with van der Waals surface area (Å²) in [6.45, 7) is 3.83. The van der Waals surface area contributed by atoms with E-state index in [1.807, 2.05) is 0 Å². The van der Waals surface area contributed by atoms with Gasteiger partial charge >= 0.3 is 0 Å². The summed E-state index contributed by atoms with van der Waals surface area (Å²) in [6.07, 6.45) is 5.15. The molecule has 1 N–H and O–H groups in total. The number of hydrogen-bond donors (Lipinski definition) is 1. The molecule has 1 saturated carbocycles. The van der Waals surface area contributed by atoms with Crippen molar-refractivity contribution >= 4 is 0 Å². The van der Waals surface area contributed by atoms with E-state index >= 15 is 0 Å². The van der Waals surface area contributed by atoms with Gasteiger partial charge in [0.2, 0.25) is 0 Å². The van der Waals surface area contributed by atoms with E-state index < -0.39 is 0 Å². The van der Waals surface area contributed by atoms with Crippen LogP contribution in [0.4, 0.5) is 4.39 Å². The van der Waals surface area contributed by atoms with E-state index in [9.17, 15) is 4.39 Å². The fraction of sp³-hybridized carbons (Fsp3) is 0.600. The molecule has 1 aromatic carbocycles. The first-order chi connectivity index (χ1) is 8.69. The van der Waals surface area contributed by atoms with Crippen molar-refractivity contribution in [3.8, 4) is 5.75 Å². The molecular formula is C15H22FNO. The third-order valence-electron chi connectivity index (χ3n) is 3.81. The van der Waals surface area contributed by atoms with Gasteiger partial charge in [-0.1, -0.05) is 19.4 Å². The van der Waals surface area contributed by atoms with Crippen LogP contribution in [-0.2, 0) is 6.54 Å². The Hall–Kier alpha value is -1.09. The van der Waals surface area contributed by atoms with Crippen molar-refractivity contribution in [1.29, 1.82) is 0 Å². The summed E-state index contributed by atoms with van der Waals surface area (Å²) in [6, 6.07) is 5.04. The van der Waals surface area contributed by atoms with Gasteiger partial charge in [-0.15, -0.1) is 0 Å². The lowest BCUT2D eigenvalue weighted by atomic mass is 10.0. The Labute approximate surface area is 109 Å². The molecule has 1 aromatic rings. The highest BCUT2D eigenvalue weighted by Gasteiger charge is 2.40. The number of rotatable bonds is 7. The van der Waals surface area contributed by atoms with Gasteiger partial charge in [-0.25, -0.2) is 4.39 Å². The number of hydrogen-bond acceptors (Lipinski definition) is 2. The Balaban J connectivity index is 1.83. The minimum absolute atomic E-state index is 0.192. The highest BCUT2D eigenvalue weighted by Crippen LogP contribution is 2.48. The van der Waals surface area contributed by atoms with E-state index in [4.69, 9.17) is 4.74 Å². The zero-order valence-electron chi connectivity index (χ0n) is 11.3. The predicted molar refractivity (Wildman–Crippen MR) is 71.2 cm³/mol. The fourth-order valence-corrected chi connectivity index (χ4v) is 2.48. The second kappa shape index (κ2) is 5.70. The smallest absolute Gasteiger partial charge is 0.131 e. The summed E-state index contributed by atoms with van der Waals surface area (Å²) in [5, 5.41) is 3.39. The Morgan fingerprint density at radius 1 is 1.39 bits per heavy atom. The Morgan fingerprint density at radius 2 is 2.17 bits per heavy atom. The van der Waals surface area contributed by atoms with Gasteiger partial charge < -0.3 is 10.1 Å². The van der Waals surface area contributed by atoms with Crippen molar-refractivity contribution in [2.24, 2.45) is 5.41 Å². The van der Waals surface area contributed by atoms with Crippen LogP contribution >= 0.6 is 0 Å². The molecule has 0 heterocycles. The minimum atomic E-state index is -0.192. The molecule has 0 spiro atoms. The molecule has 0 bridgehead atoms. The Bertz CT molecular complexity index is 401. The van der Waals surface area contributed by atoms with Crippen LogP contribution in [0.1, 0.15) is 38.2 Å². The van der Waals surface area contributed by atoms with Crippen LogP contribution < -0.4 is 10.1 Å². The van der Waals surface area contributed by atoms with Gasteiger partial charge in [-0.2, -0.15) is 0 Å². The van der Waals surface area contributed by atoms with E-state index in [0.717, 1.165) is 6.54 Å². The van der Waals surface area contributed by atoms with E-state index in [-0.39, 0.29) is 5.82 Å². The van der Waals surface area contributed by atoms with Gasteiger partial charge in [0.05, 0.1) is 7.11 Å². The van der Waals surface area contributed by atoms with Crippen molar-refractivity contribution in [3.05, 3.63) is 29.6 Å². The number of methoxy groups -OCH3 is 1. The number of benzene rings is 1. The topological polar surface area (TPSA) is 21.3 Å². The van der Waals surface area contributed by atoms with Crippen LogP contribution in [-0.4, -0.2) is 13.7 Å². The average molecular weight is 251 g/mol. The number of nitrogens with one attached hydrogen (secondary N) is 1. The number of ether oxygens (including phenoxy) is 1. The molecule has 0 amide bonds. The Kier molecular flexibility index (Phi) is 4.23. The molecule has 0 aromatic heterocycles. The zero-order valence-corrected chi connectivity index (χ0v) is 11.3. The molecule has 2 nitrogen and oxygen atoms in total. The summed E-state index contributed by atoms with van der Waals surface area (Å²) >= 11 is 0. The molecule has 0 saturated heterocycles. The average Bonchev–Trinajstić information content (AvgIpc) is 3.12. The van der Waals surface area contributed by atoms with E-state index in [0.29, 0.717) is 23.3 Å². The standard InChI is InChI=1S/C15H22FNO/c1-3-6-15(7-8-15)11-17-10-12-4-5-13(18-2)9-14(12)16/h4-5,9,17H,3,6-8,10-11H2,1-2H3. The van der Waals surface area contributed by atoms with Crippen LogP contribution in [0.3, 0.4) is 0 Å². The third-order valence-corrected chi connectivity index (χ3v) is 3.81. The minimum Gasteiger partial charge on any atom is -0.497 e. The van der Waals surface area contributed by atoms with E-state index in [1.165, 1.54) is 31.7 Å². The second-order valence-electron chi connectivity index (χ2n) is 5.31. The fourth-order valence-electron chi connectivity index (χ4n) is 2.48. The van der Waals surface area contributed by atoms with Gasteiger partial charge in [0.1, 0.15) is 11.6 Å². The van der Waals surface area contributed by atoms with Crippen LogP contribution in [0.15, 0.2) is 18.2 Å². The van der Waals surface area contributed by atoms with Gasteiger partial charge in [-0.05, 0) is 30.7 Å². The molecule has 1 fully saturated rings. The summed E-state index contributed by atoms with van der Waals surface area (Å²) < 4.78 is 18.7. The SMILES string of the molecule is CCCC1(CNCc2ccc(OC)cc2F)CC1. The van der Waals surface area contributed by atoms with Gasteiger partial charge in [-0.3, -0.25) is 0 Å². The molecule has 3 heteroatoms. The molecule has 1 aliphatic rings. The molecule has 0 unspecified atom stereocenters. The summed E-state index contributed by atoms with van der Waals surface area (Å²) in [4.78, 5) is 0. The van der Waals surface area contributed by atoms with Crippen LogP contribution in [0.25, 0.3) is 0 Å². The second-order valence-corrected chi connectivity index (χ2v) is 5.31. The maximum Gasteiger partial charge on any atom is 0.131 e. The molecule has 100 valence electrons.